The molecule has 0 aliphatic carbocycles. The third kappa shape index (κ3) is 6.01. The van der Waals surface area contributed by atoms with Crippen molar-refractivity contribution >= 4 is 17.5 Å². The molecule has 11 nitrogen and oxygen atoms in total. The standard InChI is InChI=1S/C21H31N7O4/c1-14-9-28(15(2)12-29)21(31)8-16-7-17(23-20(30)11-27-13-22-24-25-27)5-6-18(16)32-19(14)10-26(3)4/h5-7,13-15,19,29H,8-12H2,1-4H3,(H,23,30)/t14-,15+,19-/m1/s1. The number of fused-ring (bicyclic) bond motifs is 1. The van der Waals surface area contributed by atoms with Crippen LogP contribution in [-0.4, -0.2) is 92.9 Å². The van der Waals surface area contributed by atoms with Crippen molar-refractivity contribution in [3.05, 3.63) is 30.1 Å². The van der Waals surface area contributed by atoms with E-state index in [9.17, 15) is 14.7 Å². The summed E-state index contributed by atoms with van der Waals surface area (Å²) in [5, 5.41) is 23.2. The summed E-state index contributed by atoms with van der Waals surface area (Å²) in [5.41, 5.74) is 1.24. The van der Waals surface area contributed by atoms with Gasteiger partial charge in [-0.15, -0.1) is 5.10 Å². The van der Waals surface area contributed by atoms with Gasteiger partial charge in [-0.2, -0.15) is 0 Å². The van der Waals surface area contributed by atoms with Gasteiger partial charge in [0.2, 0.25) is 11.8 Å². The monoisotopic (exact) mass is 445 g/mol. The molecule has 0 bridgehead atoms. The highest BCUT2D eigenvalue weighted by Crippen LogP contribution is 2.29. The second-order valence-electron chi connectivity index (χ2n) is 8.53. The smallest absolute Gasteiger partial charge is 0.246 e. The van der Waals surface area contributed by atoms with E-state index in [1.807, 2.05) is 25.9 Å². The first-order chi connectivity index (χ1) is 15.3. The predicted octanol–water partition coefficient (Wildman–Crippen LogP) is 0.0224. The molecule has 2 heterocycles. The summed E-state index contributed by atoms with van der Waals surface area (Å²) in [7, 11) is 3.96. The molecule has 1 aliphatic rings. The number of carbonyl (C=O) groups is 2. The van der Waals surface area contributed by atoms with Gasteiger partial charge in [-0.1, -0.05) is 6.92 Å². The molecule has 2 aromatic rings. The number of benzene rings is 1. The summed E-state index contributed by atoms with van der Waals surface area (Å²) in [6.45, 7) is 4.92. The molecule has 174 valence electrons. The number of tetrazole rings is 1. The first kappa shape index (κ1) is 23.6. The number of nitrogens with zero attached hydrogens (tertiary/aromatic N) is 6. The number of aliphatic hydroxyl groups excluding tert-OH is 1. The average Bonchev–Trinajstić information content (AvgIpc) is 3.25. The first-order valence-corrected chi connectivity index (χ1v) is 10.6. The van der Waals surface area contributed by atoms with E-state index < -0.39 is 0 Å². The molecule has 0 unspecified atom stereocenters. The van der Waals surface area contributed by atoms with Crippen LogP contribution in [0.2, 0.25) is 0 Å². The van der Waals surface area contributed by atoms with Crippen molar-refractivity contribution in [1.29, 1.82) is 0 Å². The number of anilines is 1. The summed E-state index contributed by atoms with van der Waals surface area (Å²) < 4.78 is 7.69. The highest BCUT2D eigenvalue weighted by Gasteiger charge is 2.30. The van der Waals surface area contributed by atoms with Gasteiger partial charge in [-0.05, 0) is 49.6 Å². The van der Waals surface area contributed by atoms with Gasteiger partial charge in [-0.25, -0.2) is 4.68 Å². The van der Waals surface area contributed by atoms with Gasteiger partial charge in [0, 0.05) is 30.3 Å². The molecule has 2 N–H and O–H groups in total. The molecule has 0 spiro atoms. The van der Waals surface area contributed by atoms with Crippen molar-refractivity contribution in [1.82, 2.24) is 30.0 Å². The molecule has 3 rings (SSSR count). The molecule has 0 radical (unpaired) electrons. The first-order valence-electron chi connectivity index (χ1n) is 10.6. The lowest BCUT2D eigenvalue weighted by atomic mass is 10.0. The molecule has 2 amide bonds. The molecule has 1 aromatic carbocycles. The Balaban J connectivity index is 1.87. The summed E-state index contributed by atoms with van der Waals surface area (Å²) in [5.74, 6) is 0.291. The fourth-order valence-electron chi connectivity index (χ4n) is 3.69. The van der Waals surface area contributed by atoms with Crippen molar-refractivity contribution in [3.63, 3.8) is 0 Å². The summed E-state index contributed by atoms with van der Waals surface area (Å²) in [6, 6.07) is 5.00. The van der Waals surface area contributed by atoms with Gasteiger partial charge in [0.1, 0.15) is 24.7 Å². The van der Waals surface area contributed by atoms with Crippen LogP contribution >= 0.6 is 0 Å². The van der Waals surface area contributed by atoms with Crippen LogP contribution in [0.1, 0.15) is 19.4 Å². The van der Waals surface area contributed by atoms with Crippen LogP contribution < -0.4 is 10.1 Å². The second-order valence-corrected chi connectivity index (χ2v) is 8.53. The number of rotatable bonds is 7. The zero-order valence-electron chi connectivity index (χ0n) is 18.9. The number of hydrogen-bond donors (Lipinski definition) is 2. The molecule has 32 heavy (non-hydrogen) atoms. The fraction of sp³-hybridized carbons (Fsp3) is 0.571. The number of aromatic nitrogens is 4. The number of likely N-dealkylation sites (N-methyl/N-ethyl adjacent to an activating group) is 1. The average molecular weight is 446 g/mol. The Labute approximate surface area is 187 Å². The van der Waals surface area contributed by atoms with E-state index in [1.165, 1.54) is 11.0 Å². The number of hydrogen-bond acceptors (Lipinski definition) is 8. The Morgan fingerprint density at radius 2 is 2.19 bits per heavy atom. The molecule has 0 saturated heterocycles. The molecular weight excluding hydrogens is 414 g/mol. The van der Waals surface area contributed by atoms with Crippen LogP contribution in [0.3, 0.4) is 0 Å². The van der Waals surface area contributed by atoms with Crippen molar-refractivity contribution in [2.24, 2.45) is 5.92 Å². The lowest BCUT2D eigenvalue weighted by Crippen LogP contribution is -2.47. The lowest BCUT2D eigenvalue weighted by Gasteiger charge is -2.33. The van der Waals surface area contributed by atoms with Crippen LogP contribution in [0.15, 0.2) is 24.5 Å². The van der Waals surface area contributed by atoms with Gasteiger partial charge in [0.15, 0.2) is 0 Å². The van der Waals surface area contributed by atoms with Gasteiger partial charge in [0.05, 0.1) is 19.1 Å². The van der Waals surface area contributed by atoms with Crippen molar-refractivity contribution in [2.45, 2.75) is 39.0 Å². The Morgan fingerprint density at radius 1 is 1.41 bits per heavy atom. The number of carbonyl (C=O) groups excluding carboxylic acids is 2. The van der Waals surface area contributed by atoms with Gasteiger partial charge >= 0.3 is 0 Å². The third-order valence-corrected chi connectivity index (χ3v) is 5.44. The summed E-state index contributed by atoms with van der Waals surface area (Å²) in [6.07, 6.45) is 1.32. The zero-order chi connectivity index (χ0) is 23.3. The Kier molecular flexibility index (Phi) is 7.75. The van der Waals surface area contributed by atoms with Gasteiger partial charge < -0.3 is 25.0 Å². The normalized spacial score (nSPS) is 20.1. The number of aliphatic hydroxyl groups is 1. The minimum atomic E-state index is -0.300. The maximum Gasteiger partial charge on any atom is 0.246 e. The van der Waals surface area contributed by atoms with E-state index in [1.54, 1.807) is 23.1 Å². The van der Waals surface area contributed by atoms with E-state index in [0.29, 0.717) is 30.1 Å². The van der Waals surface area contributed by atoms with Gasteiger partial charge in [0.25, 0.3) is 0 Å². The Hall–Kier alpha value is -3.05. The number of ether oxygens (including phenoxy) is 1. The van der Waals surface area contributed by atoms with Crippen LogP contribution in [0.25, 0.3) is 0 Å². The SMILES string of the molecule is C[C@@H]1CN([C@@H](C)CO)C(=O)Cc2cc(NC(=O)Cn3cnnn3)ccc2O[C@@H]1CN(C)C. The van der Waals surface area contributed by atoms with E-state index in [-0.39, 0.29) is 49.5 Å². The van der Waals surface area contributed by atoms with Crippen molar-refractivity contribution < 1.29 is 19.4 Å². The van der Waals surface area contributed by atoms with E-state index >= 15 is 0 Å². The third-order valence-electron chi connectivity index (χ3n) is 5.44. The minimum absolute atomic E-state index is 0.0241. The molecule has 1 aromatic heterocycles. The maximum atomic E-state index is 13.1. The molecule has 0 fully saturated rings. The quantitative estimate of drug-likeness (QED) is 0.611. The van der Waals surface area contributed by atoms with Gasteiger partial charge in [-0.3, -0.25) is 9.59 Å². The van der Waals surface area contributed by atoms with Crippen molar-refractivity contribution in [3.8, 4) is 5.75 Å². The molecule has 0 saturated carbocycles. The van der Waals surface area contributed by atoms with E-state index in [2.05, 4.69) is 27.8 Å². The Morgan fingerprint density at radius 3 is 2.84 bits per heavy atom. The summed E-state index contributed by atoms with van der Waals surface area (Å²) in [4.78, 5) is 29.2. The number of nitrogens with one attached hydrogen (secondary N) is 1. The van der Waals surface area contributed by atoms with Crippen molar-refractivity contribution in [2.75, 3.05) is 39.1 Å². The molecule has 3 atom stereocenters. The highest BCUT2D eigenvalue weighted by molar-refractivity contribution is 5.91. The summed E-state index contributed by atoms with van der Waals surface area (Å²) >= 11 is 0. The van der Waals surface area contributed by atoms with Crippen LogP contribution in [0.5, 0.6) is 5.75 Å². The van der Waals surface area contributed by atoms with Crippen LogP contribution in [-0.2, 0) is 22.6 Å². The number of amides is 2. The fourth-order valence-corrected chi connectivity index (χ4v) is 3.69. The molecule has 11 heteroatoms. The minimum Gasteiger partial charge on any atom is -0.488 e. The zero-order valence-corrected chi connectivity index (χ0v) is 18.9. The predicted molar refractivity (Wildman–Crippen MR) is 117 cm³/mol. The molecule has 1 aliphatic heterocycles. The highest BCUT2D eigenvalue weighted by atomic mass is 16.5. The second kappa shape index (κ2) is 10.5. The van der Waals surface area contributed by atoms with E-state index in [4.69, 9.17) is 4.74 Å². The topological polar surface area (TPSA) is 126 Å². The molecular formula is C21H31N7O4. The van der Waals surface area contributed by atoms with E-state index in [0.717, 1.165) is 0 Å². The lowest BCUT2D eigenvalue weighted by molar-refractivity contribution is -0.134. The maximum absolute atomic E-state index is 13.1. The van der Waals surface area contributed by atoms with Crippen LogP contribution in [0, 0.1) is 5.92 Å². The Bertz CT molecular complexity index is 919. The largest absolute Gasteiger partial charge is 0.488 e. The van der Waals surface area contributed by atoms with Crippen LogP contribution in [0.4, 0.5) is 5.69 Å².